The molecule has 3 heterocycles. The van der Waals surface area contributed by atoms with Crippen molar-refractivity contribution in [3.05, 3.63) is 29.1 Å². The summed E-state index contributed by atoms with van der Waals surface area (Å²) in [6.45, 7) is 5.49. The number of halogens is 6. The van der Waals surface area contributed by atoms with Crippen molar-refractivity contribution in [2.45, 2.75) is 38.3 Å². The van der Waals surface area contributed by atoms with E-state index in [1.807, 2.05) is 12.4 Å². The number of alkyl halides is 6. The highest BCUT2D eigenvalue weighted by Gasteiger charge is 2.38. The van der Waals surface area contributed by atoms with Gasteiger partial charge in [0.1, 0.15) is 6.61 Å². The van der Waals surface area contributed by atoms with Gasteiger partial charge in [-0.3, -0.25) is 14.7 Å². The first-order valence-corrected chi connectivity index (χ1v) is 11.1. The molecule has 0 saturated carbocycles. The van der Waals surface area contributed by atoms with Gasteiger partial charge < -0.3 is 24.6 Å². The SMILES string of the molecule is CN(C)C(=O)COCc1cncc2c1CCN(CC1CCOC1)C2.O=C(O)C(F)(F)F.O=C(O)C(F)(F)F. The summed E-state index contributed by atoms with van der Waals surface area (Å²) in [5.74, 6) is -4.86. The highest BCUT2D eigenvalue weighted by Crippen LogP contribution is 2.24. The van der Waals surface area contributed by atoms with Crippen molar-refractivity contribution < 1.29 is 60.4 Å². The van der Waals surface area contributed by atoms with Gasteiger partial charge in [-0.25, -0.2) is 9.59 Å². The van der Waals surface area contributed by atoms with Gasteiger partial charge >= 0.3 is 24.3 Å². The Morgan fingerprint density at radius 1 is 1.11 bits per heavy atom. The number of ether oxygens (including phenoxy) is 2. The molecule has 1 atom stereocenters. The summed E-state index contributed by atoms with van der Waals surface area (Å²) in [7, 11) is 3.48. The molecule has 2 N–H and O–H groups in total. The molecular weight excluding hydrogens is 532 g/mol. The number of aromatic nitrogens is 1. The maximum absolute atomic E-state index is 11.6. The predicted octanol–water partition coefficient (Wildman–Crippen LogP) is 2.35. The minimum absolute atomic E-state index is 0.0160. The number of carbonyl (C=O) groups excluding carboxylic acids is 1. The van der Waals surface area contributed by atoms with Crippen molar-refractivity contribution in [2.75, 3.05) is 47.0 Å². The third-order valence-electron chi connectivity index (χ3n) is 5.32. The highest BCUT2D eigenvalue weighted by atomic mass is 19.4. The lowest BCUT2D eigenvalue weighted by molar-refractivity contribution is -0.193. The molecule has 10 nitrogen and oxygen atoms in total. The van der Waals surface area contributed by atoms with Gasteiger partial charge in [-0.1, -0.05) is 0 Å². The van der Waals surface area contributed by atoms with Gasteiger partial charge in [0.15, 0.2) is 0 Å². The minimum atomic E-state index is -5.08. The molecule has 2 aliphatic heterocycles. The van der Waals surface area contributed by atoms with Crippen molar-refractivity contribution in [2.24, 2.45) is 5.92 Å². The Bertz CT molecular complexity index is 911. The fourth-order valence-electron chi connectivity index (χ4n) is 3.38. The number of pyridine rings is 1. The number of hydrogen-bond acceptors (Lipinski definition) is 7. The van der Waals surface area contributed by atoms with Crippen molar-refractivity contribution in [1.82, 2.24) is 14.8 Å². The number of aliphatic carboxylic acids is 2. The minimum Gasteiger partial charge on any atom is -0.475 e. The summed E-state index contributed by atoms with van der Waals surface area (Å²) < 4.78 is 74.5. The summed E-state index contributed by atoms with van der Waals surface area (Å²) >= 11 is 0. The smallest absolute Gasteiger partial charge is 0.475 e. The van der Waals surface area contributed by atoms with Crippen molar-refractivity contribution >= 4 is 17.8 Å². The van der Waals surface area contributed by atoms with Crippen LogP contribution >= 0.6 is 0 Å². The zero-order chi connectivity index (χ0) is 29.1. The van der Waals surface area contributed by atoms with Crippen molar-refractivity contribution in [3.63, 3.8) is 0 Å². The fourth-order valence-corrected chi connectivity index (χ4v) is 3.38. The lowest BCUT2D eigenvalue weighted by Crippen LogP contribution is -2.35. The van der Waals surface area contributed by atoms with Crippen LogP contribution in [-0.4, -0.2) is 102 Å². The molecule has 1 aromatic heterocycles. The Balaban J connectivity index is 0.000000426. The van der Waals surface area contributed by atoms with Crippen LogP contribution < -0.4 is 0 Å². The molecule has 0 aliphatic carbocycles. The number of carboxylic acid groups (broad SMARTS) is 2. The Kier molecular flexibility index (Phi) is 12.9. The zero-order valence-corrected chi connectivity index (χ0v) is 20.6. The molecule has 0 radical (unpaired) electrons. The molecule has 1 unspecified atom stereocenters. The summed E-state index contributed by atoms with van der Waals surface area (Å²) in [4.78, 5) is 37.8. The quantitative estimate of drug-likeness (QED) is 0.503. The van der Waals surface area contributed by atoms with Gasteiger partial charge in [0, 0.05) is 52.7 Å². The average molecular weight is 561 g/mol. The van der Waals surface area contributed by atoms with E-state index in [1.165, 1.54) is 17.5 Å². The highest BCUT2D eigenvalue weighted by molar-refractivity contribution is 5.76. The molecule has 1 saturated heterocycles. The second kappa shape index (κ2) is 14.8. The standard InChI is InChI=1S/C18H27N3O3.2C2HF3O2/c1-20(2)18(22)13-24-12-16-8-19-7-15-10-21(5-3-17(15)16)9-14-4-6-23-11-14;2*3-2(4,5)1(6)7/h7-8,14H,3-6,9-13H2,1-2H3;2*(H,6,7). The lowest BCUT2D eigenvalue weighted by atomic mass is 9.96. The Labute approximate surface area is 214 Å². The molecule has 1 fully saturated rings. The second-order valence-electron chi connectivity index (χ2n) is 8.54. The van der Waals surface area contributed by atoms with Gasteiger partial charge in [0.2, 0.25) is 5.91 Å². The number of likely N-dealkylation sites (N-methyl/N-ethyl adjacent to an activating group) is 1. The van der Waals surface area contributed by atoms with Crippen LogP contribution in [0.15, 0.2) is 12.4 Å². The number of nitrogens with zero attached hydrogens (tertiary/aromatic N) is 3. The monoisotopic (exact) mass is 561 g/mol. The van der Waals surface area contributed by atoms with E-state index < -0.39 is 24.3 Å². The van der Waals surface area contributed by atoms with Crippen LogP contribution in [0.4, 0.5) is 26.3 Å². The van der Waals surface area contributed by atoms with Crippen molar-refractivity contribution in [1.29, 1.82) is 0 Å². The summed E-state index contributed by atoms with van der Waals surface area (Å²) in [5.41, 5.74) is 3.75. The Morgan fingerprint density at radius 2 is 1.68 bits per heavy atom. The van der Waals surface area contributed by atoms with Crippen LogP contribution in [0.5, 0.6) is 0 Å². The molecule has 2 aliphatic rings. The fraction of sp³-hybridized carbons (Fsp3) is 0.636. The van der Waals surface area contributed by atoms with Crippen LogP contribution in [0, 0.1) is 5.92 Å². The second-order valence-corrected chi connectivity index (χ2v) is 8.54. The van der Waals surface area contributed by atoms with E-state index in [-0.39, 0.29) is 12.5 Å². The van der Waals surface area contributed by atoms with Crippen LogP contribution in [0.2, 0.25) is 0 Å². The van der Waals surface area contributed by atoms with Gasteiger partial charge in [-0.2, -0.15) is 26.3 Å². The molecule has 216 valence electrons. The summed E-state index contributed by atoms with van der Waals surface area (Å²) in [6.07, 6.45) is -4.12. The van der Waals surface area contributed by atoms with E-state index in [4.69, 9.17) is 29.3 Å². The number of fused-ring (bicyclic) bond motifs is 1. The normalized spacial score (nSPS) is 17.3. The molecule has 38 heavy (non-hydrogen) atoms. The Morgan fingerprint density at radius 3 is 2.16 bits per heavy atom. The van der Waals surface area contributed by atoms with Crippen LogP contribution in [0.25, 0.3) is 0 Å². The van der Waals surface area contributed by atoms with Crippen LogP contribution in [0.1, 0.15) is 23.1 Å². The topological polar surface area (TPSA) is 130 Å². The maximum Gasteiger partial charge on any atom is 0.490 e. The van der Waals surface area contributed by atoms with Gasteiger partial charge in [-0.15, -0.1) is 0 Å². The molecule has 16 heteroatoms. The number of carboxylic acids is 2. The summed E-state index contributed by atoms with van der Waals surface area (Å²) in [5, 5.41) is 14.2. The largest absolute Gasteiger partial charge is 0.490 e. The average Bonchev–Trinajstić information content (AvgIpc) is 3.31. The van der Waals surface area contributed by atoms with E-state index in [0.29, 0.717) is 12.5 Å². The summed E-state index contributed by atoms with van der Waals surface area (Å²) in [6, 6.07) is 0. The van der Waals surface area contributed by atoms with Gasteiger partial charge in [0.25, 0.3) is 0 Å². The zero-order valence-electron chi connectivity index (χ0n) is 20.6. The first kappa shape index (κ1) is 33.0. The van der Waals surface area contributed by atoms with Gasteiger partial charge in [-0.05, 0) is 35.4 Å². The van der Waals surface area contributed by atoms with Gasteiger partial charge in [0.05, 0.1) is 13.2 Å². The van der Waals surface area contributed by atoms with Crippen LogP contribution in [0.3, 0.4) is 0 Å². The third-order valence-corrected chi connectivity index (χ3v) is 5.32. The first-order chi connectivity index (χ1) is 17.5. The first-order valence-electron chi connectivity index (χ1n) is 11.1. The Hall–Kier alpha value is -2.98. The van der Waals surface area contributed by atoms with E-state index in [0.717, 1.165) is 44.8 Å². The number of amides is 1. The molecule has 1 amide bonds. The van der Waals surface area contributed by atoms with Crippen molar-refractivity contribution in [3.8, 4) is 0 Å². The van der Waals surface area contributed by atoms with Crippen LogP contribution in [-0.2, 0) is 43.4 Å². The van der Waals surface area contributed by atoms with E-state index >= 15 is 0 Å². The molecule has 3 rings (SSSR count). The third kappa shape index (κ3) is 12.0. The predicted molar refractivity (Wildman–Crippen MR) is 118 cm³/mol. The number of carbonyl (C=O) groups is 3. The number of hydrogen-bond donors (Lipinski definition) is 2. The van der Waals surface area contributed by atoms with E-state index in [1.54, 1.807) is 19.0 Å². The van der Waals surface area contributed by atoms with E-state index in [2.05, 4.69) is 9.88 Å². The molecule has 0 aromatic carbocycles. The molecule has 0 spiro atoms. The van der Waals surface area contributed by atoms with E-state index in [9.17, 15) is 31.1 Å². The number of rotatable bonds is 6. The molecular formula is C22H29F6N3O7. The molecule has 0 bridgehead atoms. The maximum atomic E-state index is 11.6. The molecule has 1 aromatic rings. The lowest BCUT2D eigenvalue weighted by Gasteiger charge is -2.31.